The van der Waals surface area contributed by atoms with E-state index in [4.69, 9.17) is 5.73 Å². The van der Waals surface area contributed by atoms with E-state index in [0.717, 1.165) is 18.4 Å². The zero-order valence-electron chi connectivity index (χ0n) is 10.2. The molecule has 1 aromatic carbocycles. The quantitative estimate of drug-likeness (QED) is 0.870. The Kier molecular flexibility index (Phi) is 3.72. The Morgan fingerprint density at radius 2 is 2.17 bits per heavy atom. The molecule has 0 saturated carbocycles. The van der Waals surface area contributed by atoms with Gasteiger partial charge in [-0.05, 0) is 24.6 Å². The van der Waals surface area contributed by atoms with Crippen molar-refractivity contribution < 1.29 is 4.39 Å². The van der Waals surface area contributed by atoms with Gasteiger partial charge in [0, 0.05) is 11.3 Å². The van der Waals surface area contributed by atoms with Crippen molar-refractivity contribution in [3.05, 3.63) is 42.0 Å². The van der Waals surface area contributed by atoms with Crippen molar-refractivity contribution in [2.75, 3.05) is 11.1 Å². The van der Waals surface area contributed by atoms with E-state index in [1.807, 2.05) is 0 Å². The summed E-state index contributed by atoms with van der Waals surface area (Å²) in [6.07, 6.45) is 3.12. The van der Waals surface area contributed by atoms with Crippen LogP contribution in [0.1, 0.15) is 18.9 Å². The van der Waals surface area contributed by atoms with Gasteiger partial charge in [-0.3, -0.25) is 0 Å². The average Bonchev–Trinajstić information content (AvgIpc) is 2.34. The lowest BCUT2D eigenvalue weighted by atomic mass is 10.1. The van der Waals surface area contributed by atoms with Crippen LogP contribution in [-0.2, 0) is 6.42 Å². The van der Waals surface area contributed by atoms with Crippen LogP contribution >= 0.6 is 0 Å². The second kappa shape index (κ2) is 5.44. The number of anilines is 3. The maximum Gasteiger partial charge on any atom is 0.139 e. The third kappa shape index (κ3) is 2.74. The van der Waals surface area contributed by atoms with Gasteiger partial charge in [0.2, 0.25) is 0 Å². The largest absolute Gasteiger partial charge is 0.383 e. The van der Waals surface area contributed by atoms with E-state index in [1.54, 1.807) is 12.1 Å². The highest BCUT2D eigenvalue weighted by molar-refractivity contribution is 5.63. The van der Waals surface area contributed by atoms with Crippen LogP contribution in [0.25, 0.3) is 0 Å². The van der Waals surface area contributed by atoms with E-state index in [0.29, 0.717) is 17.3 Å². The van der Waals surface area contributed by atoms with Gasteiger partial charge in [0.15, 0.2) is 0 Å². The molecule has 1 heterocycles. The van der Waals surface area contributed by atoms with Crippen LogP contribution in [0.15, 0.2) is 30.6 Å². The van der Waals surface area contributed by atoms with E-state index in [-0.39, 0.29) is 5.82 Å². The molecular formula is C13H15FN4. The van der Waals surface area contributed by atoms with E-state index < -0.39 is 0 Å². The summed E-state index contributed by atoms with van der Waals surface area (Å²) >= 11 is 0. The van der Waals surface area contributed by atoms with Crippen molar-refractivity contribution >= 4 is 17.3 Å². The number of hydrogen-bond acceptors (Lipinski definition) is 4. The first-order valence-corrected chi connectivity index (χ1v) is 5.82. The number of nitrogens with zero attached hydrogens (tertiary/aromatic N) is 2. The zero-order chi connectivity index (χ0) is 13.0. The molecule has 3 N–H and O–H groups in total. The molecule has 0 aliphatic carbocycles. The topological polar surface area (TPSA) is 63.8 Å². The van der Waals surface area contributed by atoms with Crippen LogP contribution < -0.4 is 11.1 Å². The van der Waals surface area contributed by atoms with Crippen molar-refractivity contribution in [2.24, 2.45) is 0 Å². The number of nitrogens with one attached hydrogen (secondary N) is 1. The normalized spacial score (nSPS) is 10.3. The first-order chi connectivity index (χ1) is 8.70. The molecule has 0 aliphatic heterocycles. The van der Waals surface area contributed by atoms with Crippen molar-refractivity contribution in [1.82, 2.24) is 9.97 Å². The fraction of sp³-hybridized carbons (Fsp3) is 0.231. The molecule has 4 nitrogen and oxygen atoms in total. The highest BCUT2D eigenvalue weighted by atomic mass is 19.1. The van der Waals surface area contributed by atoms with Crippen molar-refractivity contribution in [2.45, 2.75) is 19.8 Å². The average molecular weight is 246 g/mol. The maximum absolute atomic E-state index is 13.1. The minimum Gasteiger partial charge on any atom is -0.383 e. The molecule has 0 unspecified atom stereocenters. The second-order valence-electron chi connectivity index (χ2n) is 3.97. The molecule has 2 aromatic rings. The molecule has 0 amide bonds. The van der Waals surface area contributed by atoms with Gasteiger partial charge in [0.1, 0.15) is 23.8 Å². The lowest BCUT2D eigenvalue weighted by molar-refractivity contribution is 0.628. The summed E-state index contributed by atoms with van der Waals surface area (Å²) in [6, 6.07) is 6.22. The Hall–Kier alpha value is -2.17. The molecule has 2 rings (SSSR count). The molecular weight excluding hydrogens is 231 g/mol. The Balaban J connectivity index is 2.31. The minimum absolute atomic E-state index is 0.293. The predicted molar refractivity (Wildman–Crippen MR) is 70.1 cm³/mol. The number of rotatable bonds is 4. The van der Waals surface area contributed by atoms with E-state index >= 15 is 0 Å². The minimum atomic E-state index is -0.293. The highest BCUT2D eigenvalue weighted by Crippen LogP contribution is 2.23. The molecule has 0 atom stereocenters. The highest BCUT2D eigenvalue weighted by Gasteiger charge is 2.08. The smallest absolute Gasteiger partial charge is 0.139 e. The molecule has 0 bridgehead atoms. The van der Waals surface area contributed by atoms with Crippen LogP contribution in [0.2, 0.25) is 0 Å². The summed E-state index contributed by atoms with van der Waals surface area (Å²) in [4.78, 5) is 8.13. The fourth-order valence-electron chi connectivity index (χ4n) is 1.73. The fourth-order valence-corrected chi connectivity index (χ4v) is 1.73. The van der Waals surface area contributed by atoms with Gasteiger partial charge in [0.05, 0.1) is 0 Å². The molecule has 0 spiro atoms. The molecule has 0 aliphatic rings. The third-order valence-electron chi connectivity index (χ3n) is 2.57. The lowest BCUT2D eigenvalue weighted by Gasteiger charge is -2.11. The van der Waals surface area contributed by atoms with Crippen LogP contribution in [-0.4, -0.2) is 9.97 Å². The predicted octanol–water partition coefficient (Wildman–Crippen LogP) is 2.89. The number of aromatic nitrogens is 2. The Bertz CT molecular complexity index is 542. The molecule has 0 saturated heterocycles. The van der Waals surface area contributed by atoms with E-state index in [2.05, 4.69) is 22.2 Å². The van der Waals surface area contributed by atoms with Crippen LogP contribution in [0.3, 0.4) is 0 Å². The van der Waals surface area contributed by atoms with E-state index in [9.17, 15) is 4.39 Å². The monoisotopic (exact) mass is 246 g/mol. The Labute approximate surface area is 105 Å². The van der Waals surface area contributed by atoms with Crippen molar-refractivity contribution in [3.8, 4) is 0 Å². The van der Waals surface area contributed by atoms with Crippen LogP contribution in [0, 0.1) is 5.82 Å². The third-order valence-corrected chi connectivity index (χ3v) is 2.57. The standard InChI is InChI=1S/C13H15FN4/c1-2-4-11-12(15)16-8-17-13(11)18-10-6-3-5-9(14)7-10/h3,5-8H,2,4H2,1H3,(H3,15,16,17,18). The maximum atomic E-state index is 13.1. The molecule has 0 radical (unpaired) electrons. The molecule has 18 heavy (non-hydrogen) atoms. The van der Waals surface area contributed by atoms with Gasteiger partial charge in [-0.15, -0.1) is 0 Å². The van der Waals surface area contributed by atoms with Gasteiger partial charge < -0.3 is 11.1 Å². The number of nitrogens with two attached hydrogens (primary N) is 1. The number of hydrogen-bond donors (Lipinski definition) is 2. The number of nitrogen functional groups attached to an aromatic ring is 1. The summed E-state index contributed by atoms with van der Waals surface area (Å²) in [6.45, 7) is 2.05. The molecule has 94 valence electrons. The summed E-state index contributed by atoms with van der Waals surface area (Å²) < 4.78 is 13.1. The summed E-state index contributed by atoms with van der Waals surface area (Å²) in [5, 5.41) is 3.07. The number of benzene rings is 1. The van der Waals surface area contributed by atoms with Crippen LogP contribution in [0.5, 0.6) is 0 Å². The molecule has 0 fully saturated rings. The van der Waals surface area contributed by atoms with Gasteiger partial charge in [-0.25, -0.2) is 14.4 Å². The number of halogens is 1. The lowest BCUT2D eigenvalue weighted by Crippen LogP contribution is -2.05. The zero-order valence-corrected chi connectivity index (χ0v) is 10.2. The summed E-state index contributed by atoms with van der Waals surface area (Å²) in [5.41, 5.74) is 7.33. The first-order valence-electron chi connectivity index (χ1n) is 5.82. The van der Waals surface area contributed by atoms with Crippen molar-refractivity contribution in [1.29, 1.82) is 0 Å². The van der Waals surface area contributed by atoms with Gasteiger partial charge >= 0.3 is 0 Å². The Morgan fingerprint density at radius 1 is 1.33 bits per heavy atom. The van der Waals surface area contributed by atoms with Gasteiger partial charge in [-0.2, -0.15) is 0 Å². The van der Waals surface area contributed by atoms with Crippen molar-refractivity contribution in [3.63, 3.8) is 0 Å². The second-order valence-corrected chi connectivity index (χ2v) is 3.97. The van der Waals surface area contributed by atoms with Gasteiger partial charge in [0.25, 0.3) is 0 Å². The summed E-state index contributed by atoms with van der Waals surface area (Å²) in [7, 11) is 0. The van der Waals surface area contributed by atoms with E-state index in [1.165, 1.54) is 18.5 Å². The SMILES string of the molecule is CCCc1c(N)ncnc1Nc1cccc(F)c1. The van der Waals surface area contributed by atoms with Crippen LogP contribution in [0.4, 0.5) is 21.7 Å². The molecule has 1 aromatic heterocycles. The first kappa shape index (κ1) is 12.3. The molecule has 5 heteroatoms. The Morgan fingerprint density at radius 3 is 2.89 bits per heavy atom. The summed E-state index contributed by atoms with van der Waals surface area (Å²) in [5.74, 6) is 0.805. The van der Waals surface area contributed by atoms with Gasteiger partial charge in [-0.1, -0.05) is 19.4 Å².